The molecule has 0 unspecified atom stereocenters. The van der Waals surface area contributed by atoms with E-state index in [4.69, 9.17) is 0 Å². The van der Waals surface area contributed by atoms with Crippen molar-refractivity contribution >= 4 is 27.5 Å². The molecule has 0 aliphatic rings. The van der Waals surface area contributed by atoms with Gasteiger partial charge in [0.2, 0.25) is 5.91 Å². The van der Waals surface area contributed by atoms with Gasteiger partial charge in [-0.05, 0) is 30.3 Å². The molecule has 0 aliphatic heterocycles. The molecule has 1 aromatic heterocycles. The van der Waals surface area contributed by atoms with Crippen molar-refractivity contribution in [2.24, 2.45) is 0 Å². The van der Waals surface area contributed by atoms with Crippen LogP contribution < -0.4 is 10.5 Å². The molecule has 1 heterocycles. The van der Waals surface area contributed by atoms with Crippen LogP contribution in [0.5, 0.6) is 0 Å². The molecule has 0 atom stereocenters. The van der Waals surface area contributed by atoms with E-state index in [1.807, 2.05) is 54.6 Å². The monoisotopic (exact) mass is 397 g/mol. The standard InChI is InChI=1S/C19H16BrN3O2/c1-22(16-8-3-2-4-9-16)19(25)13-23-18(24)11-10-17(21-23)14-6-5-7-15(20)12-14/h2-12H,13H2,1H3. The quantitative estimate of drug-likeness (QED) is 0.678. The summed E-state index contributed by atoms with van der Waals surface area (Å²) in [5.74, 6) is -0.216. The molecule has 0 radical (unpaired) electrons. The second kappa shape index (κ2) is 7.44. The Morgan fingerprint density at radius 3 is 2.56 bits per heavy atom. The first-order valence-corrected chi connectivity index (χ1v) is 8.49. The van der Waals surface area contributed by atoms with Gasteiger partial charge in [-0.3, -0.25) is 9.59 Å². The van der Waals surface area contributed by atoms with Crippen LogP contribution in [0.3, 0.4) is 0 Å². The second-order valence-corrected chi connectivity index (χ2v) is 6.43. The lowest BCUT2D eigenvalue weighted by Gasteiger charge is -2.17. The minimum Gasteiger partial charge on any atom is -0.314 e. The average molecular weight is 398 g/mol. The maximum Gasteiger partial charge on any atom is 0.267 e. The zero-order valence-corrected chi connectivity index (χ0v) is 15.2. The molecule has 0 fully saturated rings. The Kier molecular flexibility index (Phi) is 5.09. The molecule has 0 saturated heterocycles. The molecule has 0 saturated carbocycles. The van der Waals surface area contributed by atoms with Crippen molar-refractivity contribution in [3.8, 4) is 11.3 Å². The second-order valence-electron chi connectivity index (χ2n) is 5.51. The molecule has 0 aliphatic carbocycles. The predicted molar refractivity (Wildman–Crippen MR) is 101 cm³/mol. The zero-order chi connectivity index (χ0) is 17.8. The topological polar surface area (TPSA) is 55.2 Å². The lowest BCUT2D eigenvalue weighted by atomic mass is 10.1. The summed E-state index contributed by atoms with van der Waals surface area (Å²) in [6.45, 7) is -0.119. The molecule has 25 heavy (non-hydrogen) atoms. The van der Waals surface area contributed by atoms with Crippen molar-refractivity contribution in [3.05, 3.63) is 81.6 Å². The van der Waals surface area contributed by atoms with Crippen molar-refractivity contribution in [1.82, 2.24) is 9.78 Å². The molecule has 6 heteroatoms. The summed E-state index contributed by atoms with van der Waals surface area (Å²) >= 11 is 3.42. The first kappa shape index (κ1) is 17.1. The van der Waals surface area contributed by atoms with Crippen molar-refractivity contribution in [2.75, 3.05) is 11.9 Å². The fraction of sp³-hybridized carbons (Fsp3) is 0.105. The first-order chi connectivity index (χ1) is 12.0. The average Bonchev–Trinajstić information content (AvgIpc) is 2.63. The number of benzene rings is 2. The predicted octanol–water partition coefficient (Wildman–Crippen LogP) is 3.34. The van der Waals surface area contributed by atoms with Gasteiger partial charge in [0.05, 0.1) is 5.69 Å². The van der Waals surface area contributed by atoms with Crippen molar-refractivity contribution in [3.63, 3.8) is 0 Å². The minimum atomic E-state index is -0.312. The third kappa shape index (κ3) is 4.03. The van der Waals surface area contributed by atoms with Gasteiger partial charge in [0.1, 0.15) is 6.54 Å². The largest absolute Gasteiger partial charge is 0.314 e. The van der Waals surface area contributed by atoms with Crippen LogP contribution in [0.15, 0.2) is 76.0 Å². The summed E-state index contributed by atoms with van der Waals surface area (Å²) in [5, 5.41) is 4.34. The Morgan fingerprint density at radius 1 is 1.08 bits per heavy atom. The molecular formula is C19H16BrN3O2. The van der Waals surface area contributed by atoms with E-state index in [1.165, 1.54) is 15.6 Å². The number of nitrogens with zero attached hydrogens (tertiary/aromatic N) is 3. The molecule has 3 rings (SSSR count). The number of halogens is 1. The Hall–Kier alpha value is -2.73. The first-order valence-electron chi connectivity index (χ1n) is 7.70. The number of anilines is 1. The Bertz CT molecular complexity index is 954. The molecular weight excluding hydrogens is 382 g/mol. The minimum absolute atomic E-state index is 0.119. The Balaban J connectivity index is 1.86. The molecule has 3 aromatic rings. The number of carbonyl (C=O) groups is 1. The molecule has 1 amide bonds. The van der Waals surface area contributed by atoms with Crippen LogP contribution in [0.1, 0.15) is 0 Å². The van der Waals surface area contributed by atoms with Crippen molar-refractivity contribution < 1.29 is 4.79 Å². The molecule has 0 bridgehead atoms. The zero-order valence-electron chi connectivity index (χ0n) is 13.6. The highest BCUT2D eigenvalue weighted by molar-refractivity contribution is 9.10. The highest BCUT2D eigenvalue weighted by Gasteiger charge is 2.13. The van der Waals surface area contributed by atoms with Gasteiger partial charge < -0.3 is 4.90 Å². The number of carbonyl (C=O) groups excluding carboxylic acids is 1. The number of likely N-dealkylation sites (N-methyl/N-ethyl adjacent to an activating group) is 1. The van der Waals surface area contributed by atoms with Crippen LogP contribution in [-0.4, -0.2) is 22.7 Å². The third-order valence-corrected chi connectivity index (χ3v) is 4.28. The number of amides is 1. The maximum absolute atomic E-state index is 12.5. The van der Waals surface area contributed by atoms with Gasteiger partial charge in [-0.1, -0.05) is 46.3 Å². The van der Waals surface area contributed by atoms with Crippen LogP contribution in [0, 0.1) is 0 Å². The molecule has 2 aromatic carbocycles. The summed E-state index contributed by atoms with van der Waals surface area (Å²) < 4.78 is 2.11. The number of para-hydroxylation sites is 1. The number of hydrogen-bond donors (Lipinski definition) is 0. The van der Waals surface area contributed by atoms with E-state index in [9.17, 15) is 9.59 Å². The van der Waals surface area contributed by atoms with Gasteiger partial charge in [0.15, 0.2) is 0 Å². The van der Waals surface area contributed by atoms with E-state index >= 15 is 0 Å². The maximum atomic E-state index is 12.5. The van der Waals surface area contributed by atoms with Gasteiger partial charge in [0, 0.05) is 28.8 Å². The fourth-order valence-electron chi connectivity index (χ4n) is 2.39. The van der Waals surface area contributed by atoms with Crippen LogP contribution in [0.4, 0.5) is 5.69 Å². The van der Waals surface area contributed by atoms with Gasteiger partial charge in [-0.2, -0.15) is 5.10 Å². The molecule has 126 valence electrons. The lowest BCUT2D eigenvalue weighted by molar-refractivity contribution is -0.119. The SMILES string of the molecule is CN(C(=O)Cn1nc(-c2cccc(Br)c2)ccc1=O)c1ccccc1. The normalized spacial score (nSPS) is 10.5. The van der Waals surface area contributed by atoms with Crippen LogP contribution >= 0.6 is 15.9 Å². The summed E-state index contributed by atoms with van der Waals surface area (Å²) in [6, 6.07) is 20.0. The highest BCUT2D eigenvalue weighted by atomic mass is 79.9. The van der Waals surface area contributed by atoms with Gasteiger partial charge in [0.25, 0.3) is 5.56 Å². The number of aromatic nitrogens is 2. The highest BCUT2D eigenvalue weighted by Crippen LogP contribution is 2.20. The van der Waals surface area contributed by atoms with Crippen LogP contribution in [0.2, 0.25) is 0 Å². The summed E-state index contributed by atoms with van der Waals surface area (Å²) in [4.78, 5) is 26.1. The van der Waals surface area contributed by atoms with Crippen molar-refractivity contribution in [2.45, 2.75) is 6.54 Å². The van der Waals surface area contributed by atoms with E-state index in [1.54, 1.807) is 13.1 Å². The Labute approximate surface area is 153 Å². The fourth-order valence-corrected chi connectivity index (χ4v) is 2.79. The summed E-state index contributed by atoms with van der Waals surface area (Å²) in [6.07, 6.45) is 0. The molecule has 0 N–H and O–H groups in total. The third-order valence-electron chi connectivity index (χ3n) is 3.79. The van der Waals surface area contributed by atoms with Gasteiger partial charge >= 0.3 is 0 Å². The van der Waals surface area contributed by atoms with E-state index < -0.39 is 0 Å². The number of hydrogen-bond acceptors (Lipinski definition) is 3. The number of rotatable bonds is 4. The van der Waals surface area contributed by atoms with E-state index in [0.29, 0.717) is 5.69 Å². The lowest BCUT2D eigenvalue weighted by Crippen LogP contribution is -2.34. The van der Waals surface area contributed by atoms with Crippen molar-refractivity contribution in [1.29, 1.82) is 0 Å². The van der Waals surface area contributed by atoms with Crippen LogP contribution in [-0.2, 0) is 11.3 Å². The Morgan fingerprint density at radius 2 is 1.84 bits per heavy atom. The van der Waals surface area contributed by atoms with Crippen LogP contribution in [0.25, 0.3) is 11.3 Å². The molecule has 0 spiro atoms. The van der Waals surface area contributed by atoms with E-state index in [2.05, 4.69) is 21.0 Å². The molecule has 5 nitrogen and oxygen atoms in total. The van der Waals surface area contributed by atoms with E-state index in [0.717, 1.165) is 15.7 Å². The smallest absolute Gasteiger partial charge is 0.267 e. The van der Waals surface area contributed by atoms with Gasteiger partial charge in [-0.25, -0.2) is 4.68 Å². The summed E-state index contributed by atoms with van der Waals surface area (Å²) in [5.41, 5.74) is 1.96. The van der Waals surface area contributed by atoms with E-state index in [-0.39, 0.29) is 18.0 Å². The van der Waals surface area contributed by atoms with Gasteiger partial charge in [-0.15, -0.1) is 0 Å². The summed E-state index contributed by atoms with van der Waals surface area (Å²) in [7, 11) is 1.68.